The molecule has 2 aromatic carbocycles. The topological polar surface area (TPSA) is 70.7 Å². The molecule has 1 aromatic heterocycles. The minimum absolute atomic E-state index is 0.0458. The minimum Gasteiger partial charge on any atom is -0.325 e. The van der Waals surface area contributed by atoms with Gasteiger partial charge in [0.05, 0.1) is 5.75 Å². The fourth-order valence-corrected chi connectivity index (χ4v) is 2.65. The second kappa shape index (κ2) is 7.43. The normalized spacial score (nSPS) is 10.7. The lowest BCUT2D eigenvalue weighted by molar-refractivity contribution is -0.113. The maximum atomic E-state index is 13.1. The van der Waals surface area contributed by atoms with Gasteiger partial charge in [-0.2, -0.15) is 0 Å². The number of carbonyl (C=O) groups excluding carboxylic acids is 1. The van der Waals surface area contributed by atoms with Gasteiger partial charge in [0, 0.05) is 17.3 Å². The average Bonchev–Trinajstić information content (AvgIpc) is 3.06. The van der Waals surface area contributed by atoms with Crippen LogP contribution in [-0.4, -0.2) is 26.8 Å². The van der Waals surface area contributed by atoms with E-state index in [1.165, 1.54) is 6.07 Å². The molecular weight excluding hydrogens is 346 g/mol. The summed E-state index contributed by atoms with van der Waals surface area (Å²) in [5.41, 5.74) is 2.24. The van der Waals surface area contributed by atoms with E-state index in [4.69, 9.17) is 0 Å². The summed E-state index contributed by atoms with van der Waals surface area (Å²) in [6.45, 7) is 2.00. The number of halogens is 2. The van der Waals surface area contributed by atoms with Crippen LogP contribution in [0.1, 0.15) is 5.56 Å². The summed E-state index contributed by atoms with van der Waals surface area (Å²) in [5.74, 6) is -1.68. The molecule has 0 saturated heterocycles. The van der Waals surface area contributed by atoms with Crippen LogP contribution in [0, 0.1) is 18.6 Å². The van der Waals surface area contributed by atoms with Crippen LogP contribution in [-0.2, 0) is 4.79 Å². The van der Waals surface area contributed by atoms with Crippen molar-refractivity contribution in [2.45, 2.75) is 12.1 Å². The quantitative estimate of drug-likeness (QED) is 0.679. The molecule has 8 heteroatoms. The van der Waals surface area contributed by atoms with Crippen molar-refractivity contribution in [3.8, 4) is 11.4 Å². The van der Waals surface area contributed by atoms with Crippen LogP contribution in [0.4, 0.5) is 14.5 Å². The van der Waals surface area contributed by atoms with E-state index in [0.29, 0.717) is 11.0 Å². The summed E-state index contributed by atoms with van der Waals surface area (Å²) in [7, 11) is 0. The number of hydrogen-bond donors (Lipinski definition) is 2. The zero-order valence-electron chi connectivity index (χ0n) is 13.2. The number of nitrogens with zero attached hydrogens (tertiary/aromatic N) is 2. The van der Waals surface area contributed by atoms with Gasteiger partial charge in [-0.25, -0.2) is 13.8 Å². The van der Waals surface area contributed by atoms with Gasteiger partial charge >= 0.3 is 0 Å². The first kappa shape index (κ1) is 17.1. The Morgan fingerprint density at radius 1 is 1.16 bits per heavy atom. The van der Waals surface area contributed by atoms with E-state index in [0.717, 1.165) is 35.0 Å². The molecule has 0 aliphatic carbocycles. The molecule has 0 saturated carbocycles. The van der Waals surface area contributed by atoms with Crippen molar-refractivity contribution in [2.75, 3.05) is 11.1 Å². The minimum atomic E-state index is -1.01. The van der Waals surface area contributed by atoms with Gasteiger partial charge in [0.15, 0.2) is 17.5 Å². The molecule has 0 unspecified atom stereocenters. The van der Waals surface area contributed by atoms with Crippen LogP contribution in [0.25, 0.3) is 11.4 Å². The molecule has 0 spiro atoms. The predicted octanol–water partition coefficient (Wildman–Crippen LogP) is 3.79. The van der Waals surface area contributed by atoms with E-state index in [1.54, 1.807) is 0 Å². The van der Waals surface area contributed by atoms with Gasteiger partial charge in [0.2, 0.25) is 11.1 Å². The molecule has 1 amide bonds. The van der Waals surface area contributed by atoms with Gasteiger partial charge < -0.3 is 5.32 Å². The summed E-state index contributed by atoms with van der Waals surface area (Å²) in [6.07, 6.45) is 0. The van der Waals surface area contributed by atoms with Crippen molar-refractivity contribution in [2.24, 2.45) is 0 Å². The Labute approximate surface area is 146 Å². The van der Waals surface area contributed by atoms with Crippen LogP contribution in [0.3, 0.4) is 0 Å². The van der Waals surface area contributed by atoms with E-state index in [2.05, 4.69) is 20.5 Å². The third-order valence-electron chi connectivity index (χ3n) is 3.33. The van der Waals surface area contributed by atoms with Gasteiger partial charge in [0.25, 0.3) is 0 Å². The Morgan fingerprint density at radius 2 is 1.92 bits per heavy atom. The lowest BCUT2D eigenvalue weighted by atomic mass is 10.1. The van der Waals surface area contributed by atoms with Crippen molar-refractivity contribution in [3.05, 3.63) is 59.7 Å². The first-order valence-corrected chi connectivity index (χ1v) is 8.37. The molecule has 3 aromatic rings. The van der Waals surface area contributed by atoms with Crippen LogP contribution in [0.15, 0.2) is 47.6 Å². The fraction of sp³-hybridized carbons (Fsp3) is 0.118. The molecule has 1 heterocycles. The number of aromatic amines is 1. The number of aromatic nitrogens is 3. The molecule has 0 atom stereocenters. The monoisotopic (exact) mass is 360 g/mol. The summed E-state index contributed by atoms with van der Waals surface area (Å²) >= 11 is 1.14. The number of amides is 1. The zero-order chi connectivity index (χ0) is 17.8. The molecule has 0 bridgehead atoms. The van der Waals surface area contributed by atoms with E-state index < -0.39 is 11.6 Å². The molecule has 0 fully saturated rings. The molecule has 128 valence electrons. The van der Waals surface area contributed by atoms with E-state index in [-0.39, 0.29) is 17.3 Å². The van der Waals surface area contributed by atoms with Crippen LogP contribution < -0.4 is 5.32 Å². The molecule has 0 aliphatic rings. The van der Waals surface area contributed by atoms with Crippen LogP contribution >= 0.6 is 11.8 Å². The highest BCUT2D eigenvalue weighted by Gasteiger charge is 2.10. The van der Waals surface area contributed by atoms with Crippen LogP contribution in [0.2, 0.25) is 0 Å². The lowest BCUT2D eigenvalue weighted by Crippen LogP contribution is -2.14. The van der Waals surface area contributed by atoms with Gasteiger partial charge in [-0.1, -0.05) is 41.6 Å². The second-order valence-electron chi connectivity index (χ2n) is 5.30. The van der Waals surface area contributed by atoms with Crippen molar-refractivity contribution in [3.63, 3.8) is 0 Å². The highest BCUT2D eigenvalue weighted by molar-refractivity contribution is 7.99. The van der Waals surface area contributed by atoms with Crippen molar-refractivity contribution in [1.82, 2.24) is 15.2 Å². The third-order valence-corrected chi connectivity index (χ3v) is 4.17. The highest BCUT2D eigenvalue weighted by atomic mass is 32.2. The highest BCUT2D eigenvalue weighted by Crippen LogP contribution is 2.20. The van der Waals surface area contributed by atoms with E-state index >= 15 is 0 Å². The molecule has 25 heavy (non-hydrogen) atoms. The Bertz CT molecular complexity index is 896. The summed E-state index contributed by atoms with van der Waals surface area (Å²) in [4.78, 5) is 16.2. The standard InChI is InChI=1S/C17H14F2N4OS/c1-10-2-4-11(5-3-10)16-21-17(23-22-16)25-9-15(24)20-12-6-7-13(18)14(19)8-12/h2-8H,9H2,1H3,(H,20,24)(H,21,22,23). The van der Waals surface area contributed by atoms with E-state index in [9.17, 15) is 13.6 Å². The van der Waals surface area contributed by atoms with Gasteiger partial charge in [-0.05, 0) is 19.1 Å². The number of hydrogen-bond acceptors (Lipinski definition) is 4. The number of rotatable bonds is 5. The Hall–Kier alpha value is -2.74. The lowest BCUT2D eigenvalue weighted by Gasteiger charge is -2.04. The Balaban J connectivity index is 1.57. The van der Waals surface area contributed by atoms with Crippen molar-refractivity contribution in [1.29, 1.82) is 0 Å². The Kier molecular flexibility index (Phi) is 5.08. The molecule has 5 nitrogen and oxygen atoms in total. The summed E-state index contributed by atoms with van der Waals surface area (Å²) in [6, 6.07) is 11.0. The molecular formula is C17H14F2N4OS. The number of aryl methyl sites for hydroxylation is 1. The smallest absolute Gasteiger partial charge is 0.234 e. The molecule has 2 N–H and O–H groups in total. The zero-order valence-corrected chi connectivity index (χ0v) is 14.0. The summed E-state index contributed by atoms with van der Waals surface area (Å²) < 4.78 is 26.0. The number of H-pyrrole nitrogens is 1. The second-order valence-corrected chi connectivity index (χ2v) is 6.24. The van der Waals surface area contributed by atoms with Gasteiger partial charge in [-0.15, -0.1) is 5.10 Å². The molecule has 0 radical (unpaired) electrons. The number of carbonyl (C=O) groups is 1. The first-order valence-electron chi connectivity index (χ1n) is 7.38. The molecule has 3 rings (SSSR count). The average molecular weight is 360 g/mol. The van der Waals surface area contributed by atoms with Crippen molar-refractivity contribution >= 4 is 23.4 Å². The maximum Gasteiger partial charge on any atom is 0.234 e. The Morgan fingerprint density at radius 3 is 2.64 bits per heavy atom. The largest absolute Gasteiger partial charge is 0.325 e. The van der Waals surface area contributed by atoms with Crippen molar-refractivity contribution < 1.29 is 13.6 Å². The summed E-state index contributed by atoms with van der Waals surface area (Å²) in [5, 5.41) is 9.80. The number of nitrogens with one attached hydrogen (secondary N) is 2. The van der Waals surface area contributed by atoms with Gasteiger partial charge in [0.1, 0.15) is 0 Å². The number of thioether (sulfide) groups is 1. The molecule has 0 aliphatic heterocycles. The van der Waals surface area contributed by atoms with Gasteiger partial charge in [-0.3, -0.25) is 9.89 Å². The number of benzene rings is 2. The first-order chi connectivity index (χ1) is 12.0. The predicted molar refractivity (Wildman–Crippen MR) is 92.3 cm³/mol. The fourth-order valence-electron chi connectivity index (χ4n) is 2.05. The SMILES string of the molecule is Cc1ccc(-c2nc(SCC(=O)Nc3ccc(F)c(F)c3)n[nH]2)cc1. The third kappa shape index (κ3) is 4.42. The maximum absolute atomic E-state index is 13.1. The van der Waals surface area contributed by atoms with E-state index in [1.807, 2.05) is 31.2 Å². The van der Waals surface area contributed by atoms with Crippen LogP contribution in [0.5, 0.6) is 0 Å². The number of anilines is 1.